The molecule has 1 aromatic heterocycles. The molecule has 32 heavy (non-hydrogen) atoms. The van der Waals surface area contributed by atoms with Crippen LogP contribution in [0.15, 0.2) is 61.4 Å². The van der Waals surface area contributed by atoms with Crippen LogP contribution in [0.1, 0.15) is 37.7 Å². The van der Waals surface area contributed by atoms with Crippen LogP contribution < -0.4 is 0 Å². The molecular formula is C27H33N3O2. The molecule has 5 nitrogen and oxygen atoms in total. The van der Waals surface area contributed by atoms with Gasteiger partial charge in [-0.25, -0.2) is 0 Å². The normalized spacial score (nSPS) is 19.8. The smallest absolute Gasteiger partial charge is 0.228 e. The van der Waals surface area contributed by atoms with Crippen molar-refractivity contribution in [3.8, 4) is 11.1 Å². The molecule has 1 aromatic carbocycles. The predicted octanol–water partition coefficient (Wildman–Crippen LogP) is 4.34. The molecular weight excluding hydrogens is 398 g/mol. The van der Waals surface area contributed by atoms with Gasteiger partial charge in [-0.15, -0.1) is 6.58 Å². The number of amides is 2. The Kier molecular flexibility index (Phi) is 7.35. The number of hydrogen-bond acceptors (Lipinski definition) is 3. The molecule has 1 aliphatic carbocycles. The number of pyridine rings is 1. The van der Waals surface area contributed by atoms with Crippen LogP contribution in [-0.2, 0) is 16.0 Å². The van der Waals surface area contributed by atoms with Gasteiger partial charge >= 0.3 is 0 Å². The Morgan fingerprint density at radius 2 is 1.84 bits per heavy atom. The Balaban J connectivity index is 1.56. The third-order valence-corrected chi connectivity index (χ3v) is 6.86. The van der Waals surface area contributed by atoms with Gasteiger partial charge < -0.3 is 9.80 Å². The minimum absolute atomic E-state index is 0.116. The number of benzene rings is 1. The second-order valence-corrected chi connectivity index (χ2v) is 9.06. The third-order valence-electron chi connectivity index (χ3n) is 6.86. The molecule has 5 heteroatoms. The van der Waals surface area contributed by atoms with E-state index in [1.807, 2.05) is 34.1 Å². The summed E-state index contributed by atoms with van der Waals surface area (Å²) in [6, 6.07) is 12.2. The highest BCUT2D eigenvalue weighted by molar-refractivity contribution is 5.83. The van der Waals surface area contributed by atoms with Gasteiger partial charge in [0.25, 0.3) is 0 Å². The van der Waals surface area contributed by atoms with Gasteiger partial charge in [-0.1, -0.05) is 43.2 Å². The van der Waals surface area contributed by atoms with E-state index in [2.05, 4.69) is 23.7 Å². The first-order chi connectivity index (χ1) is 15.7. The van der Waals surface area contributed by atoms with Crippen LogP contribution in [0.3, 0.4) is 0 Å². The van der Waals surface area contributed by atoms with Crippen LogP contribution >= 0.6 is 0 Å². The quantitative estimate of drug-likeness (QED) is 0.613. The first kappa shape index (κ1) is 22.3. The van der Waals surface area contributed by atoms with Gasteiger partial charge in [0.15, 0.2) is 0 Å². The zero-order chi connectivity index (χ0) is 22.3. The average molecular weight is 432 g/mol. The summed E-state index contributed by atoms with van der Waals surface area (Å²) in [7, 11) is 0. The lowest BCUT2D eigenvalue weighted by Crippen LogP contribution is -2.38. The van der Waals surface area contributed by atoms with Crippen LogP contribution in [0.5, 0.6) is 0 Å². The highest BCUT2D eigenvalue weighted by Crippen LogP contribution is 2.30. The summed E-state index contributed by atoms with van der Waals surface area (Å²) >= 11 is 0. The van der Waals surface area contributed by atoms with E-state index in [1.54, 1.807) is 18.5 Å². The summed E-state index contributed by atoms with van der Waals surface area (Å²) in [5, 5.41) is 0. The van der Waals surface area contributed by atoms with Crippen molar-refractivity contribution in [3.63, 3.8) is 0 Å². The molecule has 0 N–H and O–H groups in total. The monoisotopic (exact) mass is 431 g/mol. The third kappa shape index (κ3) is 5.26. The second-order valence-electron chi connectivity index (χ2n) is 9.06. The van der Waals surface area contributed by atoms with Crippen molar-refractivity contribution in [1.29, 1.82) is 0 Å². The average Bonchev–Trinajstić information content (AvgIpc) is 3.28. The van der Waals surface area contributed by atoms with Crippen molar-refractivity contribution in [2.24, 2.45) is 11.8 Å². The van der Waals surface area contributed by atoms with E-state index >= 15 is 0 Å². The van der Waals surface area contributed by atoms with Gasteiger partial charge in [0.1, 0.15) is 0 Å². The lowest BCUT2D eigenvalue weighted by Gasteiger charge is -2.25. The van der Waals surface area contributed by atoms with Gasteiger partial charge in [0, 0.05) is 45.0 Å². The van der Waals surface area contributed by atoms with E-state index in [9.17, 15) is 9.59 Å². The van der Waals surface area contributed by atoms with E-state index in [0.29, 0.717) is 44.9 Å². The molecule has 2 aliphatic rings. The molecule has 1 aliphatic heterocycles. The molecule has 2 heterocycles. The van der Waals surface area contributed by atoms with Crippen LogP contribution in [-0.4, -0.2) is 52.8 Å². The lowest BCUT2D eigenvalue weighted by atomic mass is 9.91. The van der Waals surface area contributed by atoms with Crippen molar-refractivity contribution in [2.45, 2.75) is 38.5 Å². The number of hydrogen-bond donors (Lipinski definition) is 0. The fourth-order valence-electron chi connectivity index (χ4n) is 5.13. The molecule has 1 saturated heterocycles. The summed E-state index contributed by atoms with van der Waals surface area (Å²) in [6.07, 6.45) is 11.4. The summed E-state index contributed by atoms with van der Waals surface area (Å²) in [6.45, 7) is 6.01. The summed E-state index contributed by atoms with van der Waals surface area (Å²) < 4.78 is 0. The van der Waals surface area contributed by atoms with E-state index < -0.39 is 0 Å². The fourth-order valence-corrected chi connectivity index (χ4v) is 5.13. The van der Waals surface area contributed by atoms with Crippen LogP contribution in [0, 0.1) is 11.8 Å². The highest BCUT2D eigenvalue weighted by Gasteiger charge is 2.33. The second kappa shape index (κ2) is 10.6. The molecule has 0 radical (unpaired) electrons. The Bertz CT molecular complexity index is 937. The number of rotatable bonds is 7. The van der Waals surface area contributed by atoms with Crippen molar-refractivity contribution >= 4 is 11.8 Å². The van der Waals surface area contributed by atoms with E-state index in [4.69, 9.17) is 0 Å². The number of nitrogens with zero attached hydrogens (tertiary/aromatic N) is 3. The van der Waals surface area contributed by atoms with Crippen molar-refractivity contribution in [2.75, 3.05) is 26.2 Å². The topological polar surface area (TPSA) is 53.5 Å². The van der Waals surface area contributed by atoms with E-state index in [-0.39, 0.29) is 17.7 Å². The summed E-state index contributed by atoms with van der Waals surface area (Å²) in [4.78, 5) is 34.5. The molecule has 0 spiro atoms. The van der Waals surface area contributed by atoms with Crippen molar-refractivity contribution in [1.82, 2.24) is 14.8 Å². The molecule has 2 aromatic rings. The molecule has 0 unspecified atom stereocenters. The van der Waals surface area contributed by atoms with Gasteiger partial charge in [0.05, 0.1) is 5.92 Å². The standard InChI is InChI=1S/C27H33N3O2/c1-2-15-29-16-17-30(26(31)18-21-7-3-4-8-21)20-24(27(29)32)19-23-9-5-6-10-25(23)22-11-13-28-14-12-22/h2,5-6,9-14,21,24H,1,3-4,7-8,15-20H2/t24-/m1/s1. The maximum atomic E-state index is 13.4. The molecule has 2 amide bonds. The van der Waals surface area contributed by atoms with Gasteiger partial charge in [-0.05, 0) is 54.0 Å². The molecule has 168 valence electrons. The first-order valence-corrected chi connectivity index (χ1v) is 11.8. The van der Waals surface area contributed by atoms with Gasteiger partial charge in [-0.2, -0.15) is 0 Å². The number of aromatic nitrogens is 1. The highest BCUT2D eigenvalue weighted by atomic mass is 16.2. The number of carbonyl (C=O) groups excluding carboxylic acids is 2. The lowest BCUT2D eigenvalue weighted by molar-refractivity contribution is -0.134. The van der Waals surface area contributed by atoms with E-state index in [0.717, 1.165) is 29.5 Å². The SMILES string of the molecule is C=CCN1CCN(C(=O)CC2CCCC2)C[C@@H](Cc2ccccc2-c2ccncc2)C1=O. The Labute approximate surface area is 191 Å². The van der Waals surface area contributed by atoms with Gasteiger partial charge in [0.2, 0.25) is 11.8 Å². The number of carbonyl (C=O) groups is 2. The summed E-state index contributed by atoms with van der Waals surface area (Å²) in [5.74, 6) is 0.577. The van der Waals surface area contributed by atoms with Crippen LogP contribution in [0.4, 0.5) is 0 Å². The fraction of sp³-hybridized carbons (Fsp3) is 0.444. The predicted molar refractivity (Wildman–Crippen MR) is 127 cm³/mol. The van der Waals surface area contributed by atoms with Crippen LogP contribution in [0.25, 0.3) is 11.1 Å². The Hall–Kier alpha value is -2.95. The summed E-state index contributed by atoms with van der Waals surface area (Å²) in [5.41, 5.74) is 3.33. The zero-order valence-electron chi connectivity index (χ0n) is 18.8. The van der Waals surface area contributed by atoms with E-state index in [1.165, 1.54) is 12.8 Å². The Morgan fingerprint density at radius 1 is 1.09 bits per heavy atom. The van der Waals surface area contributed by atoms with Crippen LogP contribution in [0.2, 0.25) is 0 Å². The minimum Gasteiger partial charge on any atom is -0.340 e. The largest absolute Gasteiger partial charge is 0.340 e. The molecule has 2 fully saturated rings. The van der Waals surface area contributed by atoms with Crippen molar-refractivity contribution < 1.29 is 9.59 Å². The molecule has 1 atom stereocenters. The van der Waals surface area contributed by atoms with Crippen molar-refractivity contribution in [3.05, 3.63) is 67.0 Å². The maximum Gasteiger partial charge on any atom is 0.228 e. The molecule has 0 bridgehead atoms. The molecule has 4 rings (SSSR count). The Morgan fingerprint density at radius 3 is 2.59 bits per heavy atom. The zero-order valence-corrected chi connectivity index (χ0v) is 18.8. The maximum absolute atomic E-state index is 13.4. The molecule has 1 saturated carbocycles. The first-order valence-electron chi connectivity index (χ1n) is 11.8. The minimum atomic E-state index is -0.257. The van der Waals surface area contributed by atoms with Gasteiger partial charge in [-0.3, -0.25) is 14.6 Å².